The van der Waals surface area contributed by atoms with Crippen LogP contribution in [0.15, 0.2) is 71.3 Å². The fraction of sp³-hybridized carbons (Fsp3) is 0.0385. The lowest BCUT2D eigenvalue weighted by molar-refractivity contribution is 0.102. The number of benzene rings is 2. The van der Waals surface area contributed by atoms with Crippen LogP contribution in [0.4, 0.5) is 15.9 Å². The number of furan rings is 1. The maximum atomic E-state index is 13.2. The summed E-state index contributed by atoms with van der Waals surface area (Å²) in [6, 6.07) is 17.8. The number of aryl methyl sites for hydroxylation is 1. The number of nitrogens with zero attached hydrogens (tertiary/aromatic N) is 4. The molecule has 3 heterocycles. The van der Waals surface area contributed by atoms with Crippen LogP contribution in [-0.2, 0) is 0 Å². The molecule has 2 aromatic carbocycles. The van der Waals surface area contributed by atoms with E-state index in [1.165, 1.54) is 24.3 Å². The van der Waals surface area contributed by atoms with E-state index in [-0.39, 0.29) is 11.5 Å². The average Bonchev–Trinajstić information content (AvgIpc) is 3.30. The van der Waals surface area contributed by atoms with Crippen molar-refractivity contribution in [3.05, 3.63) is 89.7 Å². The van der Waals surface area contributed by atoms with Crippen molar-refractivity contribution < 1.29 is 13.6 Å². The molecule has 35 heavy (non-hydrogen) atoms. The maximum Gasteiger partial charge on any atom is 0.255 e. The Morgan fingerprint density at radius 3 is 2.57 bits per heavy atom. The van der Waals surface area contributed by atoms with Crippen LogP contribution in [0.2, 0.25) is 0 Å². The first-order valence-corrected chi connectivity index (χ1v) is 10.5. The zero-order chi connectivity index (χ0) is 24.5. The standard InChI is InChI=1S/C26H17FN6O2/c1-14-2-9-22(35-14)24-23(31-21(13-28)25(29)33-24)16-5-8-19-18(12-16)20(10-11-30-19)32-26(34)15-3-6-17(27)7-4-15/h2-12H,1H3,(H2,29,33)(H,30,32,34). The first-order chi connectivity index (χ1) is 16.9. The van der Waals surface area contributed by atoms with Gasteiger partial charge < -0.3 is 15.5 Å². The number of hydrogen-bond acceptors (Lipinski definition) is 7. The predicted octanol–water partition coefficient (Wildman–Crippen LogP) is 5.11. The molecule has 5 aromatic rings. The summed E-state index contributed by atoms with van der Waals surface area (Å²) in [6.07, 6.45) is 1.58. The molecule has 170 valence electrons. The third-order valence-corrected chi connectivity index (χ3v) is 5.37. The zero-order valence-corrected chi connectivity index (χ0v) is 18.4. The second-order valence-electron chi connectivity index (χ2n) is 7.73. The van der Waals surface area contributed by atoms with Crippen LogP contribution >= 0.6 is 0 Å². The van der Waals surface area contributed by atoms with E-state index in [9.17, 15) is 14.4 Å². The highest BCUT2D eigenvalue weighted by Crippen LogP contribution is 2.34. The van der Waals surface area contributed by atoms with Gasteiger partial charge in [0.2, 0.25) is 0 Å². The van der Waals surface area contributed by atoms with Crippen molar-refractivity contribution in [3.63, 3.8) is 0 Å². The molecule has 9 heteroatoms. The minimum absolute atomic E-state index is 0.00462. The van der Waals surface area contributed by atoms with Gasteiger partial charge in [0.25, 0.3) is 5.91 Å². The number of nitrogens with one attached hydrogen (secondary N) is 1. The minimum atomic E-state index is -0.426. The van der Waals surface area contributed by atoms with Gasteiger partial charge in [-0.05, 0) is 61.5 Å². The van der Waals surface area contributed by atoms with Gasteiger partial charge in [0.1, 0.15) is 29.0 Å². The molecule has 3 aromatic heterocycles. The zero-order valence-electron chi connectivity index (χ0n) is 18.4. The summed E-state index contributed by atoms with van der Waals surface area (Å²) in [5.41, 5.74) is 8.77. The molecule has 0 atom stereocenters. The van der Waals surface area contributed by atoms with Gasteiger partial charge in [-0.2, -0.15) is 5.26 Å². The van der Waals surface area contributed by atoms with E-state index >= 15 is 0 Å². The smallest absolute Gasteiger partial charge is 0.255 e. The van der Waals surface area contributed by atoms with Crippen LogP contribution < -0.4 is 11.1 Å². The Bertz CT molecular complexity index is 1640. The summed E-state index contributed by atoms with van der Waals surface area (Å²) < 4.78 is 19.0. The molecule has 0 unspecified atom stereocenters. The van der Waals surface area contributed by atoms with E-state index in [0.717, 1.165) is 0 Å². The van der Waals surface area contributed by atoms with Crippen molar-refractivity contribution >= 4 is 28.3 Å². The molecule has 0 aliphatic carbocycles. The number of halogens is 1. The molecule has 0 fully saturated rings. The number of nitriles is 1. The molecule has 0 radical (unpaired) electrons. The lowest BCUT2D eigenvalue weighted by Crippen LogP contribution is -2.12. The second-order valence-corrected chi connectivity index (χ2v) is 7.73. The summed E-state index contributed by atoms with van der Waals surface area (Å²) in [7, 11) is 0. The fourth-order valence-corrected chi connectivity index (χ4v) is 3.66. The number of rotatable bonds is 4. The van der Waals surface area contributed by atoms with Crippen molar-refractivity contribution in [2.75, 3.05) is 11.1 Å². The largest absolute Gasteiger partial charge is 0.460 e. The van der Waals surface area contributed by atoms with Crippen LogP contribution in [0.3, 0.4) is 0 Å². The van der Waals surface area contributed by atoms with Gasteiger partial charge in [-0.1, -0.05) is 6.07 Å². The summed E-state index contributed by atoms with van der Waals surface area (Å²) in [5.74, 6) is 0.314. The Labute approximate surface area is 198 Å². The summed E-state index contributed by atoms with van der Waals surface area (Å²) in [4.78, 5) is 26.0. The number of fused-ring (bicyclic) bond motifs is 1. The van der Waals surface area contributed by atoms with Crippen LogP contribution in [-0.4, -0.2) is 20.9 Å². The Balaban J connectivity index is 1.63. The van der Waals surface area contributed by atoms with Gasteiger partial charge in [0.05, 0.1) is 11.2 Å². The third kappa shape index (κ3) is 4.16. The second kappa shape index (κ2) is 8.68. The number of carbonyl (C=O) groups excluding carboxylic acids is 1. The minimum Gasteiger partial charge on any atom is -0.460 e. The van der Waals surface area contributed by atoms with Crippen molar-refractivity contribution in [3.8, 4) is 28.8 Å². The Morgan fingerprint density at radius 1 is 1.06 bits per heavy atom. The van der Waals surface area contributed by atoms with Crippen LogP contribution in [0.1, 0.15) is 21.8 Å². The fourth-order valence-electron chi connectivity index (χ4n) is 3.66. The van der Waals surface area contributed by atoms with Gasteiger partial charge in [-0.3, -0.25) is 9.78 Å². The highest BCUT2D eigenvalue weighted by molar-refractivity contribution is 6.09. The van der Waals surface area contributed by atoms with Crippen molar-refractivity contribution in [1.29, 1.82) is 5.26 Å². The molecule has 8 nitrogen and oxygen atoms in total. The van der Waals surface area contributed by atoms with E-state index < -0.39 is 11.7 Å². The van der Waals surface area contributed by atoms with Crippen LogP contribution in [0.5, 0.6) is 0 Å². The summed E-state index contributed by atoms with van der Waals surface area (Å²) >= 11 is 0. The monoisotopic (exact) mass is 464 g/mol. The van der Waals surface area contributed by atoms with E-state index in [2.05, 4.69) is 20.3 Å². The van der Waals surface area contributed by atoms with Crippen LogP contribution in [0.25, 0.3) is 33.6 Å². The SMILES string of the molecule is Cc1ccc(-c2nc(N)c(C#N)nc2-c2ccc3nccc(NC(=O)c4ccc(F)cc4)c3c2)o1. The highest BCUT2D eigenvalue weighted by atomic mass is 19.1. The lowest BCUT2D eigenvalue weighted by Gasteiger charge is -2.12. The molecule has 3 N–H and O–H groups in total. The predicted molar refractivity (Wildman–Crippen MR) is 129 cm³/mol. The number of pyridine rings is 1. The van der Waals surface area contributed by atoms with Crippen molar-refractivity contribution in [2.45, 2.75) is 6.92 Å². The van der Waals surface area contributed by atoms with Gasteiger partial charge >= 0.3 is 0 Å². The molecule has 0 saturated heterocycles. The highest BCUT2D eigenvalue weighted by Gasteiger charge is 2.19. The third-order valence-electron chi connectivity index (χ3n) is 5.37. The lowest BCUT2D eigenvalue weighted by atomic mass is 10.0. The maximum absolute atomic E-state index is 13.2. The van der Waals surface area contributed by atoms with E-state index in [1.54, 1.807) is 49.5 Å². The van der Waals surface area contributed by atoms with Gasteiger partial charge in [0.15, 0.2) is 17.3 Å². The molecule has 0 aliphatic rings. The molecular weight excluding hydrogens is 447 g/mol. The topological polar surface area (TPSA) is 131 Å². The van der Waals surface area contributed by atoms with Crippen LogP contribution in [0, 0.1) is 24.1 Å². The molecular formula is C26H17FN6O2. The number of hydrogen-bond donors (Lipinski definition) is 2. The molecule has 0 spiro atoms. The number of anilines is 2. The number of carbonyl (C=O) groups is 1. The molecule has 0 saturated carbocycles. The normalized spacial score (nSPS) is 10.8. The Morgan fingerprint density at radius 2 is 1.86 bits per heavy atom. The number of nitrogen functional groups attached to an aromatic ring is 1. The molecule has 0 bridgehead atoms. The van der Waals surface area contributed by atoms with E-state index in [0.29, 0.717) is 50.6 Å². The molecule has 5 rings (SSSR count). The Kier molecular flexibility index (Phi) is 5.39. The number of nitrogens with two attached hydrogens (primary N) is 1. The quantitative estimate of drug-likeness (QED) is 0.378. The van der Waals surface area contributed by atoms with E-state index in [1.807, 2.05) is 6.07 Å². The van der Waals surface area contributed by atoms with Gasteiger partial charge in [-0.15, -0.1) is 0 Å². The first kappa shape index (κ1) is 21.7. The molecule has 0 aliphatic heterocycles. The Hall–Kier alpha value is -5.10. The van der Waals surface area contributed by atoms with Gasteiger partial charge in [-0.25, -0.2) is 14.4 Å². The number of amides is 1. The summed E-state index contributed by atoms with van der Waals surface area (Å²) in [5, 5.41) is 12.9. The van der Waals surface area contributed by atoms with Crippen molar-refractivity contribution in [2.24, 2.45) is 0 Å². The average molecular weight is 464 g/mol. The van der Waals surface area contributed by atoms with Gasteiger partial charge in [0, 0.05) is 22.7 Å². The van der Waals surface area contributed by atoms with Crippen molar-refractivity contribution in [1.82, 2.24) is 15.0 Å². The summed E-state index contributed by atoms with van der Waals surface area (Å²) in [6.45, 7) is 1.81. The first-order valence-electron chi connectivity index (χ1n) is 10.5. The van der Waals surface area contributed by atoms with E-state index in [4.69, 9.17) is 10.2 Å². The molecule has 1 amide bonds. The number of aromatic nitrogens is 3.